The number of carbonyl (C=O) groups excluding carboxylic acids is 1. The van der Waals surface area contributed by atoms with Crippen molar-refractivity contribution >= 4 is 15.9 Å². The lowest BCUT2D eigenvalue weighted by molar-refractivity contribution is -0.129. The van der Waals surface area contributed by atoms with Crippen LogP contribution in [0.5, 0.6) is 0 Å². The first-order chi connectivity index (χ1) is 12.6. The van der Waals surface area contributed by atoms with Crippen molar-refractivity contribution in [3.8, 4) is 0 Å². The van der Waals surface area contributed by atoms with Crippen LogP contribution >= 0.6 is 0 Å². The van der Waals surface area contributed by atoms with Gasteiger partial charge in [0.1, 0.15) is 0 Å². The van der Waals surface area contributed by atoms with E-state index in [1.54, 1.807) is 28.3 Å². The zero-order valence-electron chi connectivity index (χ0n) is 16.9. The third-order valence-corrected chi connectivity index (χ3v) is 7.20. The molecule has 7 heteroatoms. The molecule has 0 atom stereocenters. The highest BCUT2D eigenvalue weighted by Gasteiger charge is 2.30. The van der Waals surface area contributed by atoms with Gasteiger partial charge < -0.3 is 9.80 Å². The predicted octanol–water partition coefficient (Wildman–Crippen LogP) is 1.94. The summed E-state index contributed by atoms with van der Waals surface area (Å²) >= 11 is 0. The average Bonchev–Trinajstić information content (AvgIpc) is 2.59. The molecule has 1 fully saturated rings. The van der Waals surface area contributed by atoms with Crippen molar-refractivity contribution < 1.29 is 13.2 Å². The number of rotatable bonds is 3. The average molecular weight is 394 g/mol. The van der Waals surface area contributed by atoms with Gasteiger partial charge in [-0.2, -0.15) is 4.31 Å². The number of sulfonamides is 1. The molecule has 2 heterocycles. The molecule has 2 aliphatic heterocycles. The molecule has 1 aromatic rings. The summed E-state index contributed by atoms with van der Waals surface area (Å²) in [5.74, 6) is 0.0314. The topological polar surface area (TPSA) is 60.9 Å². The molecule has 0 aromatic heterocycles. The Hall–Kier alpha value is -1.44. The van der Waals surface area contributed by atoms with Gasteiger partial charge in [0.2, 0.25) is 15.9 Å². The van der Waals surface area contributed by atoms with Crippen LogP contribution < -0.4 is 0 Å². The third kappa shape index (κ3) is 4.70. The number of hydrogen-bond donors (Lipinski definition) is 0. The SMILES string of the molecule is CC(=O)N1CCc2ccc(S(=O)(=O)N3CCN(CC(C)(C)C)CC3)cc2C1. The number of carbonyl (C=O) groups is 1. The van der Waals surface area contributed by atoms with Crippen LogP contribution in [-0.4, -0.2) is 67.7 Å². The Morgan fingerprint density at radius 1 is 1.04 bits per heavy atom. The molecule has 0 bridgehead atoms. The van der Waals surface area contributed by atoms with Crippen molar-refractivity contribution in [1.82, 2.24) is 14.1 Å². The molecule has 0 spiro atoms. The first kappa shape index (κ1) is 20.3. The fraction of sp³-hybridized carbons (Fsp3) is 0.650. The van der Waals surface area contributed by atoms with Crippen LogP contribution in [0, 0.1) is 5.41 Å². The van der Waals surface area contributed by atoms with Crippen molar-refractivity contribution in [2.24, 2.45) is 5.41 Å². The molecular weight excluding hydrogens is 362 g/mol. The number of hydrogen-bond acceptors (Lipinski definition) is 4. The summed E-state index contributed by atoms with van der Waals surface area (Å²) in [7, 11) is -3.50. The smallest absolute Gasteiger partial charge is 0.243 e. The number of piperazine rings is 1. The largest absolute Gasteiger partial charge is 0.338 e. The van der Waals surface area contributed by atoms with Gasteiger partial charge in [0.15, 0.2) is 0 Å². The van der Waals surface area contributed by atoms with Crippen LogP contribution in [0.1, 0.15) is 38.8 Å². The quantitative estimate of drug-likeness (QED) is 0.787. The molecule has 6 nitrogen and oxygen atoms in total. The van der Waals surface area contributed by atoms with E-state index in [0.717, 1.165) is 37.2 Å². The van der Waals surface area contributed by atoms with E-state index in [9.17, 15) is 13.2 Å². The highest BCUT2D eigenvalue weighted by Crippen LogP contribution is 2.25. The van der Waals surface area contributed by atoms with Gasteiger partial charge >= 0.3 is 0 Å². The van der Waals surface area contributed by atoms with Crippen molar-refractivity contribution in [2.75, 3.05) is 39.3 Å². The second-order valence-corrected chi connectivity index (χ2v) is 10.8. The maximum Gasteiger partial charge on any atom is 0.243 e. The molecule has 1 aromatic carbocycles. The Bertz CT molecular complexity index is 806. The van der Waals surface area contributed by atoms with Gasteiger partial charge in [0.25, 0.3) is 0 Å². The van der Waals surface area contributed by atoms with Gasteiger partial charge in [-0.1, -0.05) is 26.8 Å². The normalized spacial score (nSPS) is 19.8. The van der Waals surface area contributed by atoms with Gasteiger partial charge in [-0.15, -0.1) is 0 Å². The van der Waals surface area contributed by atoms with Crippen molar-refractivity contribution in [2.45, 2.75) is 45.6 Å². The minimum atomic E-state index is -3.50. The Morgan fingerprint density at radius 2 is 1.70 bits per heavy atom. The maximum atomic E-state index is 13.1. The van der Waals surface area contributed by atoms with Crippen LogP contribution in [-0.2, 0) is 27.8 Å². The fourth-order valence-corrected chi connectivity index (χ4v) is 5.38. The number of fused-ring (bicyclic) bond motifs is 1. The van der Waals surface area contributed by atoms with Crippen LogP contribution in [0.3, 0.4) is 0 Å². The summed E-state index contributed by atoms with van der Waals surface area (Å²) in [5, 5.41) is 0. The maximum absolute atomic E-state index is 13.1. The summed E-state index contributed by atoms with van der Waals surface area (Å²) < 4.78 is 27.8. The lowest BCUT2D eigenvalue weighted by Crippen LogP contribution is -2.50. The van der Waals surface area contributed by atoms with Gasteiger partial charge in [-0.3, -0.25) is 4.79 Å². The third-order valence-electron chi connectivity index (χ3n) is 5.30. The summed E-state index contributed by atoms with van der Waals surface area (Å²) in [6.07, 6.45) is 0.778. The van der Waals surface area contributed by atoms with E-state index in [2.05, 4.69) is 25.7 Å². The van der Waals surface area contributed by atoms with E-state index >= 15 is 0 Å². The Balaban J connectivity index is 1.73. The molecule has 2 aliphatic rings. The first-order valence-electron chi connectivity index (χ1n) is 9.66. The van der Waals surface area contributed by atoms with E-state index in [1.165, 1.54) is 0 Å². The first-order valence-corrected chi connectivity index (χ1v) is 11.1. The van der Waals surface area contributed by atoms with Crippen LogP contribution in [0.15, 0.2) is 23.1 Å². The molecule has 1 saturated heterocycles. The van der Waals surface area contributed by atoms with Crippen LogP contribution in [0.25, 0.3) is 0 Å². The number of benzene rings is 1. The van der Waals surface area contributed by atoms with E-state index in [4.69, 9.17) is 0 Å². The van der Waals surface area contributed by atoms with Crippen LogP contribution in [0.4, 0.5) is 0 Å². The van der Waals surface area contributed by atoms with Crippen molar-refractivity contribution in [1.29, 1.82) is 0 Å². The standard InChI is InChI=1S/C20H31N3O3S/c1-16(24)22-8-7-17-5-6-19(13-18(17)14-22)27(25,26)23-11-9-21(10-12-23)15-20(2,3)4/h5-6,13H,7-12,14-15H2,1-4H3. The van der Waals surface area contributed by atoms with Crippen molar-refractivity contribution in [3.05, 3.63) is 29.3 Å². The Labute approximate surface area is 163 Å². The molecule has 0 radical (unpaired) electrons. The lowest BCUT2D eigenvalue weighted by Gasteiger charge is -2.37. The molecular formula is C20H31N3O3S. The fourth-order valence-electron chi connectivity index (χ4n) is 3.91. The summed E-state index contributed by atoms with van der Waals surface area (Å²) in [4.78, 5) is 16.1. The molecule has 0 aliphatic carbocycles. The van der Waals surface area contributed by atoms with Crippen LogP contribution in [0.2, 0.25) is 0 Å². The number of amides is 1. The molecule has 27 heavy (non-hydrogen) atoms. The van der Waals surface area contributed by atoms with E-state index < -0.39 is 10.0 Å². The highest BCUT2D eigenvalue weighted by atomic mass is 32.2. The minimum absolute atomic E-state index is 0.0314. The Kier molecular flexibility index (Phi) is 5.66. The zero-order valence-corrected chi connectivity index (χ0v) is 17.7. The zero-order chi connectivity index (χ0) is 19.8. The molecule has 0 N–H and O–H groups in total. The van der Waals surface area contributed by atoms with Crippen molar-refractivity contribution in [3.63, 3.8) is 0 Å². The van der Waals surface area contributed by atoms with E-state index in [1.807, 2.05) is 6.07 Å². The summed E-state index contributed by atoms with van der Waals surface area (Å²) in [6.45, 7) is 12.9. The molecule has 150 valence electrons. The molecule has 3 rings (SSSR count). The summed E-state index contributed by atoms with van der Waals surface area (Å²) in [6, 6.07) is 5.40. The second kappa shape index (κ2) is 7.53. The monoisotopic (exact) mass is 393 g/mol. The van der Waals surface area contributed by atoms with Gasteiger partial charge in [0.05, 0.1) is 4.90 Å². The summed E-state index contributed by atoms with van der Waals surface area (Å²) in [5.41, 5.74) is 2.30. The Morgan fingerprint density at radius 3 is 2.30 bits per heavy atom. The second-order valence-electron chi connectivity index (χ2n) is 8.86. The highest BCUT2D eigenvalue weighted by molar-refractivity contribution is 7.89. The molecule has 0 saturated carbocycles. The van der Waals surface area contributed by atoms with Gasteiger partial charge in [-0.05, 0) is 35.1 Å². The van der Waals surface area contributed by atoms with E-state index in [0.29, 0.717) is 31.1 Å². The number of nitrogens with zero attached hydrogens (tertiary/aromatic N) is 3. The molecule has 1 amide bonds. The lowest BCUT2D eigenvalue weighted by atomic mass is 9.96. The van der Waals surface area contributed by atoms with Gasteiger partial charge in [-0.25, -0.2) is 8.42 Å². The van der Waals surface area contributed by atoms with E-state index in [-0.39, 0.29) is 11.3 Å². The predicted molar refractivity (Wildman–Crippen MR) is 106 cm³/mol. The minimum Gasteiger partial charge on any atom is -0.338 e. The van der Waals surface area contributed by atoms with Gasteiger partial charge in [0, 0.05) is 52.7 Å². The molecule has 0 unspecified atom stereocenters.